The van der Waals surface area contributed by atoms with E-state index in [4.69, 9.17) is 9.47 Å². The molecule has 2 N–H and O–H groups in total. The van der Waals surface area contributed by atoms with Crippen LogP contribution in [0.5, 0.6) is 5.75 Å². The van der Waals surface area contributed by atoms with Crippen molar-refractivity contribution < 1.29 is 55.3 Å². The highest BCUT2D eigenvalue weighted by atomic mass is 19.4. The number of aliphatic hydroxyl groups excluding tert-OH is 1. The standard InChI is InChI=1S/C30H43F6N3O6/c1-19-16-39(20(2)18-40)28(43)23-15-22(37-26(41)10-12-29(31,32)33)8-9-24(23)45-21(3)7-5-6-14-44-25(19)17-38(4)27(42)11-13-30(34,35)36/h8-9,15,19-21,25,40H,5-7,10-14,16-18H2,1-4H3,(H,37,41)/t19-,20-,21-,25+/m0/s1. The first kappa shape index (κ1) is 38.1. The summed E-state index contributed by atoms with van der Waals surface area (Å²) in [5, 5.41) is 12.4. The van der Waals surface area contributed by atoms with Crippen LogP contribution in [0.4, 0.5) is 32.0 Å². The zero-order valence-corrected chi connectivity index (χ0v) is 26.0. The van der Waals surface area contributed by atoms with Gasteiger partial charge in [-0.1, -0.05) is 6.92 Å². The van der Waals surface area contributed by atoms with Gasteiger partial charge >= 0.3 is 12.4 Å². The van der Waals surface area contributed by atoms with Crippen LogP contribution in [0.3, 0.4) is 0 Å². The van der Waals surface area contributed by atoms with Crippen molar-refractivity contribution in [2.75, 3.05) is 38.7 Å². The Morgan fingerprint density at radius 3 is 2.36 bits per heavy atom. The number of carbonyl (C=O) groups excluding carboxylic acids is 3. The Morgan fingerprint density at radius 2 is 1.73 bits per heavy atom. The Bertz CT molecular complexity index is 1130. The van der Waals surface area contributed by atoms with Crippen LogP contribution in [0, 0.1) is 5.92 Å². The Labute approximate surface area is 259 Å². The van der Waals surface area contributed by atoms with Gasteiger partial charge in [-0.2, -0.15) is 26.3 Å². The average Bonchev–Trinajstić information content (AvgIpc) is 2.95. The Kier molecular flexibility index (Phi) is 14.4. The van der Waals surface area contributed by atoms with Crippen LogP contribution in [-0.2, 0) is 14.3 Å². The Hall–Kier alpha value is -3.07. The van der Waals surface area contributed by atoms with E-state index in [2.05, 4.69) is 5.32 Å². The molecule has 1 aliphatic heterocycles. The number of hydrogen-bond acceptors (Lipinski definition) is 6. The molecule has 1 aromatic rings. The van der Waals surface area contributed by atoms with E-state index >= 15 is 0 Å². The summed E-state index contributed by atoms with van der Waals surface area (Å²) in [5.74, 6) is -2.47. The molecule has 0 aliphatic carbocycles. The van der Waals surface area contributed by atoms with Crippen LogP contribution in [0.2, 0.25) is 0 Å². The summed E-state index contributed by atoms with van der Waals surface area (Å²) in [5.41, 5.74) is 0.0912. The minimum Gasteiger partial charge on any atom is -0.490 e. The highest BCUT2D eigenvalue weighted by Gasteiger charge is 2.33. The van der Waals surface area contributed by atoms with Gasteiger partial charge < -0.3 is 29.7 Å². The lowest BCUT2D eigenvalue weighted by atomic mass is 10.0. The summed E-state index contributed by atoms with van der Waals surface area (Å²) in [6, 6.07) is 3.46. The maximum atomic E-state index is 14.0. The number of aliphatic hydroxyl groups is 1. The number of ether oxygens (including phenoxy) is 2. The average molecular weight is 656 g/mol. The topological polar surface area (TPSA) is 108 Å². The van der Waals surface area contributed by atoms with Crippen molar-refractivity contribution in [2.45, 2.75) is 96.3 Å². The molecular formula is C30H43F6N3O6. The minimum atomic E-state index is -4.51. The molecule has 0 aromatic heterocycles. The van der Waals surface area contributed by atoms with E-state index in [1.807, 2.05) is 0 Å². The Morgan fingerprint density at radius 1 is 1.09 bits per heavy atom. The van der Waals surface area contributed by atoms with Crippen molar-refractivity contribution in [1.82, 2.24) is 9.80 Å². The second kappa shape index (κ2) is 17.0. The van der Waals surface area contributed by atoms with Crippen LogP contribution in [0.25, 0.3) is 0 Å². The number of carbonyl (C=O) groups is 3. The number of fused-ring (bicyclic) bond motifs is 1. The molecule has 1 aliphatic rings. The molecule has 2 rings (SSSR count). The van der Waals surface area contributed by atoms with Crippen LogP contribution < -0.4 is 10.1 Å². The highest BCUT2D eigenvalue weighted by molar-refractivity contribution is 5.99. The molecule has 0 fully saturated rings. The van der Waals surface area contributed by atoms with Crippen molar-refractivity contribution in [3.8, 4) is 5.75 Å². The molecular weight excluding hydrogens is 612 g/mol. The molecule has 256 valence electrons. The summed E-state index contributed by atoms with van der Waals surface area (Å²) < 4.78 is 88.0. The molecule has 1 heterocycles. The fourth-order valence-electron chi connectivity index (χ4n) is 4.75. The molecule has 0 spiro atoms. The molecule has 0 saturated carbocycles. The van der Waals surface area contributed by atoms with Crippen LogP contribution in [-0.4, -0.2) is 96.6 Å². The third-order valence-corrected chi connectivity index (χ3v) is 7.47. The van der Waals surface area contributed by atoms with Gasteiger partial charge in [0.1, 0.15) is 5.75 Å². The number of halogens is 6. The SMILES string of the molecule is C[C@H]1CCCCO[C@H](CN(C)C(=O)CCC(F)(F)F)[C@@H](C)CN([C@@H](C)CO)C(=O)c2cc(NC(=O)CCC(F)(F)F)ccc2O1. The predicted molar refractivity (Wildman–Crippen MR) is 154 cm³/mol. The van der Waals surface area contributed by atoms with Crippen LogP contribution in [0.15, 0.2) is 18.2 Å². The smallest absolute Gasteiger partial charge is 0.389 e. The summed E-state index contributed by atoms with van der Waals surface area (Å²) >= 11 is 0. The lowest BCUT2D eigenvalue weighted by Crippen LogP contribution is -2.48. The third-order valence-electron chi connectivity index (χ3n) is 7.47. The number of rotatable bonds is 9. The highest BCUT2D eigenvalue weighted by Crippen LogP contribution is 2.29. The zero-order valence-electron chi connectivity index (χ0n) is 26.0. The van der Waals surface area contributed by atoms with Gasteiger partial charge in [0.05, 0.1) is 43.3 Å². The van der Waals surface area contributed by atoms with Crippen LogP contribution in [0.1, 0.15) is 76.1 Å². The first-order valence-corrected chi connectivity index (χ1v) is 14.9. The fraction of sp³-hybridized carbons (Fsp3) is 0.700. The normalized spacial score (nSPS) is 21.3. The quantitative estimate of drug-likeness (QED) is 0.337. The summed E-state index contributed by atoms with van der Waals surface area (Å²) in [6.45, 7) is 5.00. The molecule has 0 saturated heterocycles. The van der Waals surface area contributed by atoms with Gasteiger partial charge in [-0.05, 0) is 51.3 Å². The maximum Gasteiger partial charge on any atom is 0.389 e. The van der Waals surface area contributed by atoms with Crippen LogP contribution >= 0.6 is 0 Å². The molecule has 4 atom stereocenters. The Balaban J connectivity index is 2.39. The zero-order chi connectivity index (χ0) is 33.9. The van der Waals surface area contributed by atoms with E-state index < -0.39 is 80.4 Å². The van der Waals surface area contributed by atoms with Crippen molar-refractivity contribution in [3.05, 3.63) is 23.8 Å². The number of hydrogen-bond donors (Lipinski definition) is 2. The van der Waals surface area contributed by atoms with E-state index in [1.165, 1.54) is 35.0 Å². The van der Waals surface area contributed by atoms with Gasteiger partial charge in [0.15, 0.2) is 0 Å². The number of alkyl halides is 6. The number of nitrogens with one attached hydrogen (secondary N) is 1. The van der Waals surface area contributed by atoms with Gasteiger partial charge in [0, 0.05) is 51.2 Å². The van der Waals surface area contributed by atoms with E-state index in [-0.39, 0.29) is 36.2 Å². The lowest BCUT2D eigenvalue weighted by molar-refractivity contribution is -0.149. The number of anilines is 1. The van der Waals surface area contributed by atoms with Gasteiger partial charge in [-0.15, -0.1) is 0 Å². The first-order valence-electron chi connectivity index (χ1n) is 14.9. The van der Waals surface area contributed by atoms with Crippen molar-refractivity contribution in [1.29, 1.82) is 0 Å². The molecule has 0 radical (unpaired) electrons. The van der Waals surface area contributed by atoms with Crippen molar-refractivity contribution >= 4 is 23.4 Å². The van der Waals surface area contributed by atoms with E-state index in [1.54, 1.807) is 20.8 Å². The number of nitrogens with zero attached hydrogens (tertiary/aromatic N) is 2. The second-order valence-corrected chi connectivity index (χ2v) is 11.6. The summed E-state index contributed by atoms with van der Waals surface area (Å²) in [6.07, 6.45) is -12.2. The second-order valence-electron chi connectivity index (χ2n) is 11.6. The first-order chi connectivity index (χ1) is 20.9. The molecule has 1 aromatic carbocycles. The monoisotopic (exact) mass is 655 g/mol. The predicted octanol–water partition coefficient (Wildman–Crippen LogP) is 5.56. The van der Waals surface area contributed by atoms with Crippen molar-refractivity contribution in [2.24, 2.45) is 5.92 Å². The van der Waals surface area contributed by atoms with Gasteiger partial charge in [-0.3, -0.25) is 14.4 Å². The molecule has 0 unspecified atom stereocenters. The molecule has 9 nitrogen and oxygen atoms in total. The molecule has 0 bridgehead atoms. The fourth-order valence-corrected chi connectivity index (χ4v) is 4.75. The van der Waals surface area contributed by atoms with Gasteiger partial charge in [0.25, 0.3) is 5.91 Å². The molecule has 15 heteroatoms. The molecule has 3 amide bonds. The largest absolute Gasteiger partial charge is 0.490 e. The van der Waals surface area contributed by atoms with Gasteiger partial charge in [-0.25, -0.2) is 0 Å². The van der Waals surface area contributed by atoms with Gasteiger partial charge in [0.2, 0.25) is 11.8 Å². The summed E-state index contributed by atoms with van der Waals surface area (Å²) in [7, 11) is 1.39. The number of likely N-dealkylation sites (N-methyl/N-ethyl adjacent to an activating group) is 1. The number of amides is 3. The minimum absolute atomic E-state index is 0.00692. The molecule has 45 heavy (non-hydrogen) atoms. The lowest BCUT2D eigenvalue weighted by Gasteiger charge is -2.36. The van der Waals surface area contributed by atoms with E-state index in [0.717, 1.165) is 0 Å². The number of benzene rings is 1. The van der Waals surface area contributed by atoms with E-state index in [9.17, 15) is 45.8 Å². The summed E-state index contributed by atoms with van der Waals surface area (Å²) in [4.78, 5) is 41.2. The van der Waals surface area contributed by atoms with E-state index in [0.29, 0.717) is 25.9 Å². The third kappa shape index (κ3) is 13.4. The maximum absolute atomic E-state index is 14.0. The van der Waals surface area contributed by atoms with Crippen molar-refractivity contribution in [3.63, 3.8) is 0 Å².